The van der Waals surface area contributed by atoms with E-state index in [1.54, 1.807) is 17.4 Å². The van der Waals surface area contributed by atoms with Crippen molar-refractivity contribution in [3.8, 4) is 16.9 Å². The second-order valence-corrected chi connectivity index (χ2v) is 9.73. The highest BCUT2D eigenvalue weighted by Gasteiger charge is 2.19. The maximum absolute atomic E-state index is 12.7. The van der Waals surface area contributed by atoms with Crippen LogP contribution in [0.5, 0.6) is 5.75 Å². The third-order valence-corrected chi connectivity index (χ3v) is 6.92. The number of benzene rings is 2. The quantitative estimate of drug-likeness (QED) is 0.168. The first-order chi connectivity index (χ1) is 17.5. The Morgan fingerprint density at radius 1 is 1.08 bits per heavy atom. The highest BCUT2D eigenvalue weighted by Crippen LogP contribution is 2.35. The molecule has 1 fully saturated rings. The summed E-state index contributed by atoms with van der Waals surface area (Å²) in [5, 5.41) is 11.8. The number of nitrogens with zero attached hydrogens (tertiary/aromatic N) is 1. The van der Waals surface area contributed by atoms with Gasteiger partial charge < -0.3 is 10.1 Å². The predicted octanol–water partition coefficient (Wildman–Crippen LogP) is 6.09. The van der Waals surface area contributed by atoms with Gasteiger partial charge in [0.25, 0.3) is 0 Å². The van der Waals surface area contributed by atoms with Crippen LogP contribution in [0.1, 0.15) is 70.3 Å². The lowest BCUT2D eigenvalue weighted by molar-refractivity contribution is -0.129. The molecule has 3 amide bonds. The number of anilines is 1. The number of aryl methyl sites for hydroxylation is 1. The summed E-state index contributed by atoms with van der Waals surface area (Å²) in [6, 6.07) is 13.8. The van der Waals surface area contributed by atoms with Crippen LogP contribution in [0.4, 0.5) is 10.5 Å². The highest BCUT2D eigenvalue weighted by molar-refractivity contribution is 5.92. The first-order valence-corrected chi connectivity index (χ1v) is 13.3. The Hall–Kier alpha value is -3.06. The minimum absolute atomic E-state index is 0.110. The van der Waals surface area contributed by atoms with Gasteiger partial charge in [-0.15, -0.1) is 0 Å². The van der Waals surface area contributed by atoms with Gasteiger partial charge in [0.2, 0.25) is 5.91 Å². The zero-order valence-corrected chi connectivity index (χ0v) is 21.7. The van der Waals surface area contributed by atoms with Crippen molar-refractivity contribution in [2.45, 2.75) is 71.1 Å². The van der Waals surface area contributed by atoms with Crippen molar-refractivity contribution in [1.29, 1.82) is 0 Å². The minimum Gasteiger partial charge on any atom is -0.493 e. The van der Waals surface area contributed by atoms with Crippen molar-refractivity contribution in [3.63, 3.8) is 0 Å². The summed E-state index contributed by atoms with van der Waals surface area (Å²) in [5.41, 5.74) is 5.39. The van der Waals surface area contributed by atoms with E-state index in [2.05, 4.69) is 12.2 Å². The van der Waals surface area contributed by atoms with Crippen LogP contribution >= 0.6 is 0 Å². The molecule has 7 heteroatoms. The molecule has 1 saturated carbocycles. The Kier molecular flexibility index (Phi) is 11.1. The van der Waals surface area contributed by atoms with Crippen molar-refractivity contribution in [1.82, 2.24) is 10.8 Å². The van der Waals surface area contributed by atoms with E-state index in [1.165, 1.54) is 38.5 Å². The number of hydrogen-bond donors (Lipinski definition) is 3. The van der Waals surface area contributed by atoms with Crippen molar-refractivity contribution in [3.05, 3.63) is 48.0 Å². The van der Waals surface area contributed by atoms with E-state index in [0.717, 1.165) is 41.0 Å². The molecule has 1 aliphatic carbocycles. The first kappa shape index (κ1) is 27.5. The number of urea groups is 1. The third-order valence-electron chi connectivity index (χ3n) is 6.92. The van der Waals surface area contributed by atoms with Gasteiger partial charge in [-0.1, -0.05) is 63.3 Å². The van der Waals surface area contributed by atoms with Crippen LogP contribution in [0.15, 0.2) is 42.5 Å². The Labute approximate surface area is 215 Å². The van der Waals surface area contributed by atoms with Crippen LogP contribution in [0.25, 0.3) is 11.1 Å². The molecule has 0 atom stereocenters. The maximum Gasteiger partial charge on any atom is 0.321 e. The molecule has 196 valence electrons. The number of unbranched alkanes of at least 4 members (excludes halogenated alkanes) is 4. The van der Waals surface area contributed by atoms with Gasteiger partial charge in [-0.05, 0) is 60.9 Å². The SMILES string of the molecule is CCCCCCCNC(=O)N(C)c1cccc(-c2ccc(CCC(=O)NO)cc2OCC2CCC2)c1. The molecular weight excluding hydrogens is 454 g/mol. The van der Waals surface area contributed by atoms with Crippen LogP contribution in [0, 0.1) is 5.92 Å². The van der Waals surface area contributed by atoms with Crippen LogP contribution in [-0.2, 0) is 11.2 Å². The van der Waals surface area contributed by atoms with Gasteiger partial charge >= 0.3 is 6.03 Å². The summed E-state index contributed by atoms with van der Waals surface area (Å²) >= 11 is 0. The van der Waals surface area contributed by atoms with E-state index in [4.69, 9.17) is 9.94 Å². The molecule has 2 aromatic rings. The Morgan fingerprint density at radius 3 is 2.61 bits per heavy atom. The Morgan fingerprint density at radius 2 is 1.89 bits per heavy atom. The topological polar surface area (TPSA) is 90.9 Å². The van der Waals surface area contributed by atoms with Crippen LogP contribution in [-0.4, -0.2) is 37.3 Å². The van der Waals surface area contributed by atoms with Crippen molar-refractivity contribution < 1.29 is 19.5 Å². The number of hydrogen-bond acceptors (Lipinski definition) is 4. The summed E-state index contributed by atoms with van der Waals surface area (Å²) in [6.07, 6.45) is 10.1. The molecule has 0 unspecified atom stereocenters. The van der Waals surface area contributed by atoms with E-state index in [0.29, 0.717) is 25.5 Å². The summed E-state index contributed by atoms with van der Waals surface area (Å²) < 4.78 is 6.27. The molecule has 0 aromatic heterocycles. The van der Waals surface area contributed by atoms with Gasteiger partial charge in [0.05, 0.1) is 6.61 Å². The number of carbonyl (C=O) groups is 2. The molecule has 0 spiro atoms. The normalized spacial score (nSPS) is 13.1. The number of carbonyl (C=O) groups excluding carboxylic acids is 2. The molecule has 0 heterocycles. The average molecular weight is 496 g/mol. The van der Waals surface area contributed by atoms with Gasteiger partial charge in [-0.25, -0.2) is 10.3 Å². The Balaban J connectivity index is 1.71. The van der Waals surface area contributed by atoms with Gasteiger partial charge in [0.1, 0.15) is 5.75 Å². The third kappa shape index (κ3) is 8.26. The monoisotopic (exact) mass is 495 g/mol. The van der Waals surface area contributed by atoms with E-state index in [9.17, 15) is 9.59 Å². The number of hydroxylamine groups is 1. The molecule has 1 aliphatic rings. The van der Waals surface area contributed by atoms with E-state index >= 15 is 0 Å². The second kappa shape index (κ2) is 14.5. The number of ether oxygens (including phenoxy) is 1. The molecule has 0 radical (unpaired) electrons. The second-order valence-electron chi connectivity index (χ2n) is 9.73. The molecule has 0 aliphatic heterocycles. The van der Waals surface area contributed by atoms with Gasteiger partial charge in [-0.2, -0.15) is 0 Å². The van der Waals surface area contributed by atoms with Gasteiger partial charge in [0, 0.05) is 31.3 Å². The molecule has 3 rings (SSSR count). The Bertz CT molecular complexity index is 990. The summed E-state index contributed by atoms with van der Waals surface area (Å²) in [4.78, 5) is 25.8. The lowest BCUT2D eigenvalue weighted by atomic mass is 9.86. The summed E-state index contributed by atoms with van der Waals surface area (Å²) in [5.74, 6) is 0.955. The smallest absolute Gasteiger partial charge is 0.321 e. The zero-order chi connectivity index (χ0) is 25.8. The van der Waals surface area contributed by atoms with Crippen LogP contribution in [0.3, 0.4) is 0 Å². The molecule has 36 heavy (non-hydrogen) atoms. The molecular formula is C29H41N3O4. The first-order valence-electron chi connectivity index (χ1n) is 13.3. The molecule has 0 saturated heterocycles. The summed E-state index contributed by atoms with van der Waals surface area (Å²) in [6.45, 7) is 3.55. The van der Waals surface area contributed by atoms with Gasteiger partial charge in [-0.3, -0.25) is 14.9 Å². The van der Waals surface area contributed by atoms with Crippen molar-refractivity contribution in [2.24, 2.45) is 5.92 Å². The maximum atomic E-state index is 12.7. The molecule has 0 bridgehead atoms. The lowest BCUT2D eigenvalue weighted by Crippen LogP contribution is -2.37. The minimum atomic E-state index is -0.411. The standard InChI is InChI=1S/C29H41N3O4/c1-3-4-5-6-7-18-30-29(34)32(2)25-13-9-12-24(20-25)26-16-14-22(15-17-28(33)31-35)19-27(26)36-21-23-10-8-11-23/h9,12-14,16,19-20,23,35H,3-8,10-11,15,17-18,21H2,1-2H3,(H,30,34)(H,31,33). The molecule has 2 aromatic carbocycles. The zero-order valence-electron chi connectivity index (χ0n) is 21.7. The van der Waals surface area contributed by atoms with Crippen LogP contribution in [0.2, 0.25) is 0 Å². The lowest BCUT2D eigenvalue weighted by Gasteiger charge is -2.26. The predicted molar refractivity (Wildman–Crippen MR) is 144 cm³/mol. The highest BCUT2D eigenvalue weighted by atomic mass is 16.5. The van der Waals surface area contributed by atoms with Crippen molar-refractivity contribution in [2.75, 3.05) is 25.1 Å². The summed E-state index contributed by atoms with van der Waals surface area (Å²) in [7, 11) is 1.79. The fourth-order valence-electron chi connectivity index (χ4n) is 4.30. The average Bonchev–Trinajstić information content (AvgIpc) is 2.88. The van der Waals surface area contributed by atoms with Crippen molar-refractivity contribution >= 4 is 17.6 Å². The number of nitrogens with one attached hydrogen (secondary N) is 2. The van der Waals surface area contributed by atoms with Gasteiger partial charge in [0.15, 0.2) is 0 Å². The number of amides is 3. The molecule has 7 nitrogen and oxygen atoms in total. The van der Waals surface area contributed by atoms with E-state index < -0.39 is 5.91 Å². The van der Waals surface area contributed by atoms with E-state index in [1.807, 2.05) is 42.5 Å². The fourth-order valence-corrected chi connectivity index (χ4v) is 4.30. The number of rotatable bonds is 14. The van der Waals surface area contributed by atoms with E-state index in [-0.39, 0.29) is 12.5 Å². The largest absolute Gasteiger partial charge is 0.493 e. The molecule has 3 N–H and O–H groups in total. The van der Waals surface area contributed by atoms with Crippen LogP contribution < -0.4 is 20.4 Å². The fraction of sp³-hybridized carbons (Fsp3) is 0.517.